The summed E-state index contributed by atoms with van der Waals surface area (Å²) in [5.74, 6) is -1.43. The smallest absolute Gasteiger partial charge is 0.328 e. The topological polar surface area (TPSA) is 98.5 Å². The third-order valence-corrected chi connectivity index (χ3v) is 2.54. The number of hydrogen-bond acceptors (Lipinski definition) is 5. The largest absolute Gasteiger partial charge is 0.467 e. The number of hydrogen-bond donors (Lipinski definition) is 1. The molecule has 19 heavy (non-hydrogen) atoms. The second-order valence-corrected chi connectivity index (χ2v) is 4.07. The van der Waals surface area contributed by atoms with E-state index in [1.165, 1.54) is 26.2 Å². The van der Waals surface area contributed by atoms with Crippen LogP contribution in [0.4, 0.5) is 5.69 Å². The Bertz CT molecular complexity index is 532. The Kier molecular flexibility index (Phi) is 4.82. The number of rotatable bonds is 4. The van der Waals surface area contributed by atoms with Crippen LogP contribution in [0.2, 0.25) is 5.02 Å². The van der Waals surface area contributed by atoms with Crippen LogP contribution in [0.1, 0.15) is 17.3 Å². The molecule has 1 aromatic rings. The molecule has 0 saturated carbocycles. The van der Waals surface area contributed by atoms with Crippen molar-refractivity contribution in [2.45, 2.75) is 13.0 Å². The first-order chi connectivity index (χ1) is 8.86. The van der Waals surface area contributed by atoms with Crippen LogP contribution < -0.4 is 5.32 Å². The van der Waals surface area contributed by atoms with Crippen molar-refractivity contribution in [1.29, 1.82) is 0 Å². The van der Waals surface area contributed by atoms with Crippen molar-refractivity contribution in [3.05, 3.63) is 38.9 Å². The summed E-state index contributed by atoms with van der Waals surface area (Å²) in [6.45, 7) is 1.40. The van der Waals surface area contributed by atoms with Crippen LogP contribution in [0.5, 0.6) is 0 Å². The lowest BCUT2D eigenvalue weighted by atomic mass is 10.1. The van der Waals surface area contributed by atoms with Crippen LogP contribution >= 0.6 is 11.6 Å². The molecule has 1 atom stereocenters. The second kappa shape index (κ2) is 6.14. The Labute approximate surface area is 113 Å². The molecule has 0 aromatic heterocycles. The number of nitro benzene ring substituents is 1. The molecule has 1 N–H and O–H groups in total. The van der Waals surface area contributed by atoms with Gasteiger partial charge in [0, 0.05) is 11.1 Å². The van der Waals surface area contributed by atoms with E-state index in [0.29, 0.717) is 0 Å². The van der Waals surface area contributed by atoms with Crippen molar-refractivity contribution in [3.63, 3.8) is 0 Å². The second-order valence-electron chi connectivity index (χ2n) is 3.64. The maximum atomic E-state index is 11.9. The Morgan fingerprint density at radius 2 is 2.11 bits per heavy atom. The maximum Gasteiger partial charge on any atom is 0.328 e. The number of esters is 1. The molecule has 0 spiro atoms. The van der Waals surface area contributed by atoms with E-state index >= 15 is 0 Å². The molecule has 0 bridgehead atoms. The SMILES string of the molecule is COC(=O)[C@H](C)NC(=O)c1cc(Cl)ccc1[N+](=O)[O-]. The number of ether oxygens (including phenoxy) is 1. The van der Waals surface area contributed by atoms with E-state index in [2.05, 4.69) is 10.1 Å². The minimum absolute atomic E-state index is 0.182. The number of nitrogens with one attached hydrogen (secondary N) is 1. The normalized spacial score (nSPS) is 11.5. The van der Waals surface area contributed by atoms with Crippen LogP contribution in [0.15, 0.2) is 18.2 Å². The maximum absolute atomic E-state index is 11.9. The van der Waals surface area contributed by atoms with Crippen LogP contribution in [0.3, 0.4) is 0 Å². The zero-order valence-electron chi connectivity index (χ0n) is 10.2. The first-order valence-corrected chi connectivity index (χ1v) is 5.57. The molecule has 0 aliphatic carbocycles. The highest BCUT2D eigenvalue weighted by Crippen LogP contribution is 2.22. The van der Waals surface area contributed by atoms with Gasteiger partial charge in [0.2, 0.25) is 0 Å². The lowest BCUT2D eigenvalue weighted by Gasteiger charge is -2.11. The molecule has 0 unspecified atom stereocenters. The fraction of sp³-hybridized carbons (Fsp3) is 0.273. The Morgan fingerprint density at radius 3 is 2.63 bits per heavy atom. The summed E-state index contributed by atoms with van der Waals surface area (Å²) >= 11 is 5.70. The molecule has 1 amide bonds. The molecule has 8 heteroatoms. The van der Waals surface area contributed by atoms with Crippen LogP contribution in [0.25, 0.3) is 0 Å². The van der Waals surface area contributed by atoms with Gasteiger partial charge in [-0.3, -0.25) is 14.9 Å². The number of carbonyl (C=O) groups is 2. The van der Waals surface area contributed by atoms with Crippen LogP contribution in [0, 0.1) is 10.1 Å². The number of nitro groups is 1. The minimum atomic E-state index is -0.920. The number of nitrogens with zero attached hydrogens (tertiary/aromatic N) is 1. The Hall–Kier alpha value is -2.15. The number of benzene rings is 1. The minimum Gasteiger partial charge on any atom is -0.467 e. The predicted octanol–water partition coefficient (Wildman–Crippen LogP) is 1.54. The van der Waals surface area contributed by atoms with Gasteiger partial charge in [-0.1, -0.05) is 11.6 Å². The summed E-state index contributed by atoms with van der Waals surface area (Å²) < 4.78 is 4.44. The quantitative estimate of drug-likeness (QED) is 0.514. The van der Waals surface area contributed by atoms with Crippen molar-refractivity contribution in [1.82, 2.24) is 5.32 Å². The highest BCUT2D eigenvalue weighted by Gasteiger charge is 2.23. The van der Waals surface area contributed by atoms with E-state index in [4.69, 9.17) is 11.6 Å². The van der Waals surface area contributed by atoms with Gasteiger partial charge in [-0.05, 0) is 19.1 Å². The summed E-state index contributed by atoms with van der Waals surface area (Å²) in [7, 11) is 1.17. The summed E-state index contributed by atoms with van der Waals surface area (Å²) in [5, 5.41) is 13.3. The predicted molar refractivity (Wildman–Crippen MR) is 67.1 cm³/mol. The van der Waals surface area contributed by atoms with Gasteiger partial charge in [-0.15, -0.1) is 0 Å². The average Bonchev–Trinajstić information content (AvgIpc) is 2.36. The van der Waals surface area contributed by atoms with E-state index in [0.717, 1.165) is 6.07 Å². The number of halogens is 1. The third-order valence-electron chi connectivity index (χ3n) is 2.30. The third kappa shape index (κ3) is 3.65. The number of amides is 1. The van der Waals surface area contributed by atoms with Crippen LogP contribution in [-0.2, 0) is 9.53 Å². The lowest BCUT2D eigenvalue weighted by molar-refractivity contribution is -0.385. The van der Waals surface area contributed by atoms with Crippen molar-refractivity contribution in [2.75, 3.05) is 7.11 Å². The zero-order chi connectivity index (χ0) is 14.6. The molecular weight excluding hydrogens is 276 g/mol. The average molecular weight is 287 g/mol. The molecule has 0 fully saturated rings. The van der Waals surface area contributed by atoms with Gasteiger partial charge in [0.25, 0.3) is 11.6 Å². The molecule has 0 heterocycles. The number of carbonyl (C=O) groups excluding carboxylic acids is 2. The summed E-state index contributed by atoms with van der Waals surface area (Å²) in [5.41, 5.74) is -0.604. The summed E-state index contributed by atoms with van der Waals surface area (Å²) in [4.78, 5) is 33.1. The standard InChI is InChI=1S/C11H11ClN2O5/c1-6(11(16)19-2)13-10(15)8-5-7(12)3-4-9(8)14(17)18/h3-6H,1-2H3,(H,13,15)/t6-/m0/s1. The monoisotopic (exact) mass is 286 g/mol. The molecular formula is C11H11ClN2O5. The Morgan fingerprint density at radius 1 is 1.47 bits per heavy atom. The van der Waals surface area contributed by atoms with E-state index in [9.17, 15) is 19.7 Å². The fourth-order valence-corrected chi connectivity index (χ4v) is 1.53. The molecule has 7 nitrogen and oxygen atoms in total. The van der Waals surface area contributed by atoms with Crippen LogP contribution in [-0.4, -0.2) is 30.0 Å². The fourth-order valence-electron chi connectivity index (χ4n) is 1.36. The summed E-state index contributed by atoms with van der Waals surface area (Å²) in [6, 6.07) is 2.68. The first-order valence-electron chi connectivity index (χ1n) is 5.19. The van der Waals surface area contributed by atoms with Gasteiger partial charge in [0.15, 0.2) is 0 Å². The lowest BCUT2D eigenvalue weighted by Crippen LogP contribution is -2.39. The highest BCUT2D eigenvalue weighted by atomic mass is 35.5. The van der Waals surface area contributed by atoms with Crippen molar-refractivity contribution in [3.8, 4) is 0 Å². The molecule has 0 saturated heterocycles. The first kappa shape index (κ1) is 14.9. The summed E-state index contributed by atoms with van der Waals surface area (Å²) in [6.07, 6.45) is 0. The molecule has 0 aliphatic heterocycles. The molecule has 0 aliphatic rings. The highest BCUT2D eigenvalue weighted by molar-refractivity contribution is 6.31. The van der Waals surface area contributed by atoms with Gasteiger partial charge in [0.1, 0.15) is 11.6 Å². The molecule has 0 radical (unpaired) electrons. The number of methoxy groups -OCH3 is 1. The van der Waals surface area contributed by atoms with Crippen molar-refractivity contribution in [2.24, 2.45) is 0 Å². The van der Waals surface area contributed by atoms with Gasteiger partial charge in [0.05, 0.1) is 12.0 Å². The van der Waals surface area contributed by atoms with E-state index in [1.807, 2.05) is 0 Å². The molecule has 1 rings (SSSR count). The van der Waals surface area contributed by atoms with Crippen molar-refractivity contribution >= 4 is 29.2 Å². The van der Waals surface area contributed by atoms with Gasteiger partial charge in [-0.25, -0.2) is 4.79 Å². The van der Waals surface area contributed by atoms with Gasteiger partial charge >= 0.3 is 5.97 Å². The molecule has 1 aromatic carbocycles. The van der Waals surface area contributed by atoms with E-state index in [1.54, 1.807) is 0 Å². The zero-order valence-corrected chi connectivity index (χ0v) is 10.9. The van der Waals surface area contributed by atoms with Crippen molar-refractivity contribution < 1.29 is 19.2 Å². The Balaban J connectivity index is 3.02. The van der Waals surface area contributed by atoms with E-state index in [-0.39, 0.29) is 16.3 Å². The van der Waals surface area contributed by atoms with Gasteiger partial charge < -0.3 is 10.1 Å². The molecule has 102 valence electrons. The van der Waals surface area contributed by atoms with E-state index < -0.39 is 22.8 Å². The van der Waals surface area contributed by atoms with Gasteiger partial charge in [-0.2, -0.15) is 0 Å².